The highest BCUT2D eigenvalue weighted by Crippen LogP contribution is 2.39. The van der Waals surface area contributed by atoms with Gasteiger partial charge in [-0.25, -0.2) is 9.97 Å². The lowest BCUT2D eigenvalue weighted by Gasteiger charge is -2.17. The molecule has 4 heteroatoms. The second-order valence-electron chi connectivity index (χ2n) is 4.74. The van der Waals surface area contributed by atoms with Crippen molar-refractivity contribution in [2.24, 2.45) is 0 Å². The second-order valence-corrected chi connectivity index (χ2v) is 4.74. The average Bonchev–Trinajstić information content (AvgIpc) is 2.99. The van der Waals surface area contributed by atoms with Crippen LogP contribution in [0.1, 0.15) is 38.7 Å². The second kappa shape index (κ2) is 4.28. The van der Waals surface area contributed by atoms with Crippen molar-refractivity contribution in [1.82, 2.24) is 9.97 Å². The van der Waals surface area contributed by atoms with Crippen LogP contribution >= 0.6 is 0 Å². The van der Waals surface area contributed by atoms with Crippen LogP contribution in [0, 0.1) is 0 Å². The number of nitrogens with one attached hydrogen (secondary N) is 2. The van der Waals surface area contributed by atoms with Crippen molar-refractivity contribution in [3.05, 3.63) is 11.9 Å². The van der Waals surface area contributed by atoms with Crippen molar-refractivity contribution < 1.29 is 0 Å². The van der Waals surface area contributed by atoms with E-state index in [1.807, 2.05) is 7.05 Å². The number of nitrogens with zero attached hydrogens (tertiary/aromatic N) is 2. The van der Waals surface area contributed by atoms with Gasteiger partial charge in [-0.3, -0.25) is 0 Å². The number of hydrogen-bond donors (Lipinski definition) is 2. The lowest BCUT2D eigenvalue weighted by molar-refractivity contribution is 0.806. The molecule has 1 saturated carbocycles. The zero-order valence-corrected chi connectivity index (χ0v) is 10.3. The van der Waals surface area contributed by atoms with E-state index < -0.39 is 0 Å². The topological polar surface area (TPSA) is 49.8 Å². The highest BCUT2D eigenvalue weighted by Gasteiger charge is 2.38. The van der Waals surface area contributed by atoms with Gasteiger partial charge in [0.05, 0.1) is 0 Å². The third-order valence-corrected chi connectivity index (χ3v) is 3.10. The highest BCUT2D eigenvalue weighted by atomic mass is 15.1. The normalized spacial score (nSPS) is 16.9. The van der Waals surface area contributed by atoms with Crippen molar-refractivity contribution in [3.63, 3.8) is 0 Å². The molecule has 1 aromatic heterocycles. The lowest BCUT2D eigenvalue weighted by Crippen LogP contribution is -2.19. The molecule has 2 rings (SSSR count). The minimum atomic E-state index is 0.266. The predicted octanol–water partition coefficient (Wildman–Crippen LogP) is 2.44. The molecule has 1 aromatic rings. The van der Waals surface area contributed by atoms with Gasteiger partial charge >= 0.3 is 0 Å². The molecule has 0 radical (unpaired) electrons. The Morgan fingerprint density at radius 3 is 2.56 bits per heavy atom. The van der Waals surface area contributed by atoms with Crippen LogP contribution in [0.3, 0.4) is 0 Å². The Morgan fingerprint density at radius 1 is 1.31 bits per heavy atom. The maximum atomic E-state index is 4.37. The Morgan fingerprint density at radius 2 is 2.00 bits per heavy atom. The summed E-state index contributed by atoms with van der Waals surface area (Å²) < 4.78 is 0. The molecular weight excluding hydrogens is 200 g/mol. The molecule has 88 valence electrons. The molecule has 1 fully saturated rings. The van der Waals surface area contributed by atoms with Crippen LogP contribution in [0.4, 0.5) is 11.6 Å². The molecule has 0 spiro atoms. The lowest BCUT2D eigenvalue weighted by atomic mass is 10.1. The van der Waals surface area contributed by atoms with Gasteiger partial charge in [-0.1, -0.05) is 13.3 Å². The van der Waals surface area contributed by atoms with E-state index in [9.17, 15) is 0 Å². The molecule has 0 unspecified atom stereocenters. The van der Waals surface area contributed by atoms with Crippen LogP contribution in [0.15, 0.2) is 6.33 Å². The molecule has 4 nitrogen and oxygen atoms in total. The van der Waals surface area contributed by atoms with Crippen molar-refractivity contribution in [1.29, 1.82) is 0 Å². The summed E-state index contributed by atoms with van der Waals surface area (Å²) >= 11 is 0. The van der Waals surface area contributed by atoms with Crippen LogP contribution in [0.25, 0.3) is 0 Å². The van der Waals surface area contributed by atoms with E-state index in [0.717, 1.165) is 24.5 Å². The predicted molar refractivity (Wildman–Crippen MR) is 66.8 cm³/mol. The Balaban J connectivity index is 2.27. The highest BCUT2D eigenvalue weighted by molar-refractivity contribution is 5.58. The monoisotopic (exact) mass is 220 g/mol. The maximum absolute atomic E-state index is 4.37. The number of hydrogen-bond acceptors (Lipinski definition) is 4. The van der Waals surface area contributed by atoms with Crippen LogP contribution in [0.5, 0.6) is 0 Å². The Bertz CT molecular complexity index is 371. The van der Waals surface area contributed by atoms with E-state index in [0.29, 0.717) is 0 Å². The summed E-state index contributed by atoms with van der Waals surface area (Å²) in [5, 5.41) is 6.67. The van der Waals surface area contributed by atoms with Gasteiger partial charge in [0.15, 0.2) is 0 Å². The van der Waals surface area contributed by atoms with E-state index in [-0.39, 0.29) is 5.54 Å². The summed E-state index contributed by atoms with van der Waals surface area (Å²) in [5.74, 6) is 1.95. The van der Waals surface area contributed by atoms with Crippen molar-refractivity contribution in [2.45, 2.75) is 45.1 Å². The first kappa shape index (κ1) is 11.2. The first-order valence-corrected chi connectivity index (χ1v) is 5.98. The Kier molecular flexibility index (Phi) is 2.99. The van der Waals surface area contributed by atoms with Crippen LogP contribution in [-0.4, -0.2) is 22.6 Å². The third-order valence-electron chi connectivity index (χ3n) is 3.10. The van der Waals surface area contributed by atoms with Gasteiger partial charge in [0.25, 0.3) is 0 Å². The fourth-order valence-corrected chi connectivity index (χ4v) is 1.82. The Labute approximate surface area is 96.9 Å². The zero-order chi connectivity index (χ0) is 11.6. The van der Waals surface area contributed by atoms with Crippen molar-refractivity contribution >= 4 is 11.6 Å². The summed E-state index contributed by atoms with van der Waals surface area (Å²) in [6, 6.07) is 0. The van der Waals surface area contributed by atoms with Gasteiger partial charge in [0, 0.05) is 18.2 Å². The van der Waals surface area contributed by atoms with Gasteiger partial charge in [-0.15, -0.1) is 0 Å². The van der Waals surface area contributed by atoms with Crippen LogP contribution in [-0.2, 0) is 6.42 Å². The molecule has 0 aliphatic heterocycles. The average molecular weight is 220 g/mol. The fourth-order valence-electron chi connectivity index (χ4n) is 1.82. The van der Waals surface area contributed by atoms with Gasteiger partial charge in [0.2, 0.25) is 0 Å². The molecule has 1 aliphatic rings. The van der Waals surface area contributed by atoms with E-state index in [4.69, 9.17) is 0 Å². The van der Waals surface area contributed by atoms with E-state index in [1.165, 1.54) is 18.4 Å². The van der Waals surface area contributed by atoms with Gasteiger partial charge in [-0.05, 0) is 26.2 Å². The van der Waals surface area contributed by atoms with Crippen LogP contribution < -0.4 is 10.6 Å². The number of anilines is 2. The maximum Gasteiger partial charge on any atom is 0.135 e. The van der Waals surface area contributed by atoms with Crippen molar-refractivity contribution in [2.75, 3.05) is 17.7 Å². The summed E-state index contributed by atoms with van der Waals surface area (Å²) in [5.41, 5.74) is 1.47. The van der Waals surface area contributed by atoms with Gasteiger partial charge in [-0.2, -0.15) is 0 Å². The van der Waals surface area contributed by atoms with Crippen LogP contribution in [0.2, 0.25) is 0 Å². The zero-order valence-electron chi connectivity index (χ0n) is 10.3. The molecule has 0 saturated heterocycles. The number of aromatic nitrogens is 2. The molecule has 2 N–H and O–H groups in total. The summed E-state index contributed by atoms with van der Waals surface area (Å²) in [6.07, 6.45) is 6.21. The quantitative estimate of drug-likeness (QED) is 0.800. The molecule has 0 aromatic carbocycles. The molecule has 1 heterocycles. The smallest absolute Gasteiger partial charge is 0.135 e. The molecule has 0 atom stereocenters. The minimum absolute atomic E-state index is 0.266. The number of rotatable bonds is 5. The van der Waals surface area contributed by atoms with Crippen molar-refractivity contribution in [3.8, 4) is 0 Å². The fraction of sp³-hybridized carbons (Fsp3) is 0.667. The van der Waals surface area contributed by atoms with E-state index >= 15 is 0 Å². The summed E-state index contributed by atoms with van der Waals surface area (Å²) in [6.45, 7) is 4.42. The van der Waals surface area contributed by atoms with E-state index in [1.54, 1.807) is 6.33 Å². The standard InChI is InChI=1S/C12H20N4/c1-4-5-9-10(13-3)14-8-15-11(9)16-12(2)6-7-12/h8H,4-7H2,1-3H3,(H2,13,14,15,16). The minimum Gasteiger partial charge on any atom is -0.373 e. The molecule has 0 bridgehead atoms. The molecular formula is C12H20N4. The molecule has 16 heavy (non-hydrogen) atoms. The van der Waals surface area contributed by atoms with Gasteiger partial charge < -0.3 is 10.6 Å². The van der Waals surface area contributed by atoms with E-state index in [2.05, 4.69) is 34.4 Å². The SMILES string of the molecule is CCCc1c(NC)ncnc1NC1(C)CC1. The summed E-state index contributed by atoms with van der Waals surface area (Å²) in [4.78, 5) is 8.63. The molecule has 1 aliphatic carbocycles. The third kappa shape index (κ3) is 2.26. The summed E-state index contributed by atoms with van der Waals surface area (Å²) in [7, 11) is 1.91. The molecule has 0 amide bonds. The van der Waals surface area contributed by atoms with Gasteiger partial charge in [0.1, 0.15) is 18.0 Å². The largest absolute Gasteiger partial charge is 0.373 e. The Hall–Kier alpha value is -1.32. The first-order valence-electron chi connectivity index (χ1n) is 5.98. The first-order chi connectivity index (χ1) is 7.68.